The van der Waals surface area contributed by atoms with Crippen molar-refractivity contribution in [1.82, 2.24) is 0 Å². The Bertz CT molecular complexity index is 188. The van der Waals surface area contributed by atoms with E-state index >= 15 is 0 Å². The molecule has 2 saturated carbocycles. The molecule has 0 spiro atoms. The second kappa shape index (κ2) is 2.31. The molecule has 2 nitrogen and oxygen atoms in total. The van der Waals surface area contributed by atoms with E-state index in [1.165, 1.54) is 0 Å². The first-order chi connectivity index (χ1) is 5.18. The van der Waals surface area contributed by atoms with Crippen LogP contribution in [0.25, 0.3) is 0 Å². The second-order valence-electron chi connectivity index (χ2n) is 4.11. The lowest BCUT2D eigenvalue weighted by Crippen LogP contribution is -2.42. The third-order valence-corrected chi connectivity index (χ3v) is 2.97. The van der Waals surface area contributed by atoms with Crippen molar-refractivity contribution < 1.29 is 9.90 Å². The molecule has 11 heavy (non-hydrogen) atoms. The quantitative estimate of drug-likeness (QED) is 0.570. The van der Waals surface area contributed by atoms with Gasteiger partial charge in [0.15, 0.2) is 0 Å². The van der Waals surface area contributed by atoms with E-state index in [4.69, 9.17) is 0 Å². The minimum atomic E-state index is -0.599. The van der Waals surface area contributed by atoms with Crippen LogP contribution in [0.2, 0.25) is 0 Å². The predicted molar refractivity (Wildman–Crippen MR) is 41.1 cm³/mol. The summed E-state index contributed by atoms with van der Waals surface area (Å²) in [4.78, 5) is 11.1. The maximum Gasteiger partial charge on any atom is 0.136 e. The summed E-state index contributed by atoms with van der Waals surface area (Å²) in [7, 11) is 0. The van der Waals surface area contributed by atoms with Gasteiger partial charge in [0.25, 0.3) is 0 Å². The third kappa shape index (κ3) is 1.32. The maximum absolute atomic E-state index is 11.1. The van der Waals surface area contributed by atoms with Gasteiger partial charge in [0.05, 0.1) is 5.60 Å². The Morgan fingerprint density at radius 1 is 1.55 bits per heavy atom. The third-order valence-electron chi connectivity index (χ3n) is 2.97. The number of fused-ring (bicyclic) bond motifs is 2. The van der Waals surface area contributed by atoms with Crippen molar-refractivity contribution >= 4 is 5.78 Å². The average molecular weight is 154 g/mol. The summed E-state index contributed by atoms with van der Waals surface area (Å²) in [6, 6.07) is 0. The van der Waals surface area contributed by atoms with Crippen LogP contribution in [0.1, 0.15) is 38.5 Å². The van der Waals surface area contributed by atoms with Gasteiger partial charge in [0, 0.05) is 12.8 Å². The Balaban J connectivity index is 2.15. The van der Waals surface area contributed by atoms with Crippen LogP contribution in [0, 0.1) is 5.92 Å². The van der Waals surface area contributed by atoms with Gasteiger partial charge in [-0.15, -0.1) is 0 Å². The van der Waals surface area contributed by atoms with Crippen LogP contribution < -0.4 is 0 Å². The van der Waals surface area contributed by atoms with Crippen LogP contribution >= 0.6 is 0 Å². The molecule has 0 aromatic carbocycles. The molecular formula is C9H14O2. The number of aliphatic hydroxyl groups is 1. The summed E-state index contributed by atoms with van der Waals surface area (Å²) in [5.74, 6) is 0.762. The normalized spacial score (nSPS) is 44.1. The van der Waals surface area contributed by atoms with E-state index in [0.29, 0.717) is 12.3 Å². The van der Waals surface area contributed by atoms with Crippen LogP contribution in [0.3, 0.4) is 0 Å². The Morgan fingerprint density at radius 2 is 2.36 bits per heavy atom. The van der Waals surface area contributed by atoms with Crippen molar-refractivity contribution in [3.05, 3.63) is 0 Å². The smallest absolute Gasteiger partial charge is 0.136 e. The van der Waals surface area contributed by atoms with E-state index in [1.54, 1.807) is 0 Å². The molecule has 2 heteroatoms. The summed E-state index contributed by atoms with van der Waals surface area (Å²) in [5, 5.41) is 9.85. The summed E-state index contributed by atoms with van der Waals surface area (Å²) >= 11 is 0. The number of rotatable bonds is 0. The first-order valence-corrected chi connectivity index (χ1v) is 4.42. The highest BCUT2D eigenvalue weighted by atomic mass is 16.3. The van der Waals surface area contributed by atoms with E-state index in [1.807, 2.05) is 0 Å². The van der Waals surface area contributed by atoms with Gasteiger partial charge in [-0.25, -0.2) is 0 Å². The number of carbonyl (C=O) groups excluding carboxylic acids is 1. The number of carbonyl (C=O) groups is 1. The molecule has 2 aliphatic rings. The molecule has 0 aromatic heterocycles. The number of ketones is 1. The van der Waals surface area contributed by atoms with Crippen molar-refractivity contribution in [3.63, 3.8) is 0 Å². The summed E-state index contributed by atoms with van der Waals surface area (Å²) in [6.45, 7) is 0. The number of hydrogen-bond donors (Lipinski definition) is 1. The van der Waals surface area contributed by atoms with Gasteiger partial charge in [-0.05, 0) is 25.2 Å². The van der Waals surface area contributed by atoms with Crippen LogP contribution in [0.4, 0.5) is 0 Å². The van der Waals surface area contributed by atoms with E-state index in [2.05, 4.69) is 0 Å². The molecular weight excluding hydrogens is 140 g/mol. The molecule has 0 unspecified atom stereocenters. The summed E-state index contributed by atoms with van der Waals surface area (Å²) in [5.41, 5.74) is -0.599. The van der Waals surface area contributed by atoms with E-state index in [-0.39, 0.29) is 5.78 Å². The van der Waals surface area contributed by atoms with Crippen molar-refractivity contribution in [2.45, 2.75) is 44.1 Å². The average Bonchev–Trinajstić information content (AvgIpc) is 1.82. The highest BCUT2D eigenvalue weighted by Crippen LogP contribution is 2.40. The Kier molecular flexibility index (Phi) is 1.53. The fraction of sp³-hybridized carbons (Fsp3) is 0.889. The van der Waals surface area contributed by atoms with Crippen molar-refractivity contribution in [3.8, 4) is 0 Å². The molecule has 0 amide bonds. The Hall–Kier alpha value is -0.370. The molecule has 1 N–H and O–H groups in total. The van der Waals surface area contributed by atoms with Gasteiger partial charge in [-0.2, -0.15) is 0 Å². The van der Waals surface area contributed by atoms with E-state index < -0.39 is 5.60 Å². The lowest BCUT2D eigenvalue weighted by atomic mass is 9.69. The molecule has 0 aromatic rings. The SMILES string of the molecule is O=C1C[C@H]2CCC[C@@](O)(C1)C2. The van der Waals surface area contributed by atoms with Crippen LogP contribution in [0.15, 0.2) is 0 Å². The highest BCUT2D eigenvalue weighted by Gasteiger charge is 2.40. The van der Waals surface area contributed by atoms with Gasteiger partial charge in [0.1, 0.15) is 5.78 Å². The lowest BCUT2D eigenvalue weighted by molar-refractivity contribution is -0.134. The molecule has 2 rings (SSSR count). The molecule has 0 aliphatic heterocycles. The molecule has 0 heterocycles. The standard InChI is InChI=1S/C9H14O2/c10-8-4-7-2-1-3-9(11,5-7)6-8/h7,11H,1-6H2/t7-,9+/m1/s1. The van der Waals surface area contributed by atoms with Gasteiger partial charge < -0.3 is 5.11 Å². The van der Waals surface area contributed by atoms with E-state index in [9.17, 15) is 9.90 Å². The first kappa shape index (κ1) is 7.29. The maximum atomic E-state index is 11.1. The molecule has 62 valence electrons. The monoisotopic (exact) mass is 154 g/mol. The first-order valence-electron chi connectivity index (χ1n) is 4.42. The molecule has 2 atom stereocenters. The minimum Gasteiger partial charge on any atom is -0.389 e. The van der Waals surface area contributed by atoms with Gasteiger partial charge in [0.2, 0.25) is 0 Å². The van der Waals surface area contributed by atoms with Crippen molar-refractivity contribution in [1.29, 1.82) is 0 Å². The van der Waals surface area contributed by atoms with Gasteiger partial charge in [-0.1, -0.05) is 6.42 Å². The zero-order chi connectivity index (χ0) is 7.90. The topological polar surface area (TPSA) is 37.3 Å². The highest BCUT2D eigenvalue weighted by molar-refractivity contribution is 5.80. The zero-order valence-corrected chi connectivity index (χ0v) is 6.68. The minimum absolute atomic E-state index is 0.267. The van der Waals surface area contributed by atoms with Crippen LogP contribution in [0.5, 0.6) is 0 Å². The largest absolute Gasteiger partial charge is 0.389 e. The van der Waals surface area contributed by atoms with E-state index in [0.717, 1.165) is 32.1 Å². The fourth-order valence-corrected chi connectivity index (χ4v) is 2.56. The molecule has 0 saturated heterocycles. The van der Waals surface area contributed by atoms with Gasteiger partial charge in [-0.3, -0.25) is 4.79 Å². The zero-order valence-electron chi connectivity index (χ0n) is 6.68. The Morgan fingerprint density at radius 3 is 3.09 bits per heavy atom. The second-order valence-corrected chi connectivity index (χ2v) is 4.11. The molecule has 0 radical (unpaired) electrons. The van der Waals surface area contributed by atoms with Crippen molar-refractivity contribution in [2.24, 2.45) is 5.92 Å². The summed E-state index contributed by atoms with van der Waals surface area (Å²) in [6.07, 6.45) is 5.11. The Labute approximate surface area is 66.6 Å². The van der Waals surface area contributed by atoms with Gasteiger partial charge >= 0.3 is 0 Å². The number of Topliss-reactive ketones (excluding diaryl/α,β-unsaturated/α-hetero) is 1. The lowest BCUT2D eigenvalue weighted by Gasteiger charge is -2.40. The molecule has 2 aliphatic carbocycles. The number of hydrogen-bond acceptors (Lipinski definition) is 2. The fourth-order valence-electron chi connectivity index (χ4n) is 2.56. The summed E-state index contributed by atoms with van der Waals surface area (Å²) < 4.78 is 0. The predicted octanol–water partition coefficient (Wildman–Crippen LogP) is 1.27. The van der Waals surface area contributed by atoms with Crippen LogP contribution in [-0.4, -0.2) is 16.5 Å². The molecule has 2 fully saturated rings. The molecule has 2 bridgehead atoms. The van der Waals surface area contributed by atoms with Crippen LogP contribution in [-0.2, 0) is 4.79 Å². The van der Waals surface area contributed by atoms with Crippen molar-refractivity contribution in [2.75, 3.05) is 0 Å².